The van der Waals surface area contributed by atoms with E-state index in [0.29, 0.717) is 10.9 Å². The number of nitrogens with zero attached hydrogens (tertiary/aromatic N) is 2. The van der Waals surface area contributed by atoms with Crippen molar-refractivity contribution in [2.24, 2.45) is 5.84 Å². The molecule has 2 aromatic rings. The number of carbonyl (C=O) groups is 1. The van der Waals surface area contributed by atoms with E-state index >= 15 is 0 Å². The number of nitrogens with one attached hydrogen (secondary N) is 1. The highest BCUT2D eigenvalue weighted by Gasteiger charge is 2.14. The van der Waals surface area contributed by atoms with Crippen LogP contribution in [0.5, 0.6) is 0 Å². The van der Waals surface area contributed by atoms with Gasteiger partial charge in [0.25, 0.3) is 0 Å². The van der Waals surface area contributed by atoms with Gasteiger partial charge in [-0.2, -0.15) is 0 Å². The number of hydrazine groups is 1. The number of hydrogen-bond donors (Lipinski definition) is 2. The topological polar surface area (TPSA) is 94.0 Å². The number of nitrogen functional groups attached to an aromatic ring is 1. The molecule has 0 saturated heterocycles. The summed E-state index contributed by atoms with van der Waals surface area (Å²) in [5, 5.41) is 0.646. The van der Waals surface area contributed by atoms with Crippen molar-refractivity contribution in [2.45, 2.75) is 10.9 Å². The first kappa shape index (κ1) is 11.6. The van der Waals surface area contributed by atoms with Gasteiger partial charge in [0, 0.05) is 23.7 Å². The standard InChI is InChI=1S/C10H10N4O2S/c11-14-9(15)8-7(2-5-16-8)6-17-10-12-3-1-4-13-10/h1-5H,6,11H2,(H,14,15). The predicted octanol–water partition coefficient (Wildman–Crippen LogP) is 0.965. The minimum absolute atomic E-state index is 0.218. The monoisotopic (exact) mass is 250 g/mol. The molecule has 2 heterocycles. The fraction of sp³-hybridized carbons (Fsp3) is 0.100. The summed E-state index contributed by atoms with van der Waals surface area (Å²) in [5.74, 6) is 5.37. The Kier molecular flexibility index (Phi) is 3.73. The van der Waals surface area contributed by atoms with Gasteiger partial charge in [0.1, 0.15) is 0 Å². The maximum absolute atomic E-state index is 11.3. The molecule has 2 rings (SSSR count). The summed E-state index contributed by atoms with van der Waals surface area (Å²) in [6, 6.07) is 3.47. The maximum Gasteiger partial charge on any atom is 0.301 e. The molecule has 0 aromatic carbocycles. The van der Waals surface area contributed by atoms with Gasteiger partial charge in [0.15, 0.2) is 10.9 Å². The van der Waals surface area contributed by atoms with E-state index in [1.807, 2.05) is 5.43 Å². The zero-order chi connectivity index (χ0) is 12.1. The summed E-state index contributed by atoms with van der Waals surface area (Å²) in [7, 11) is 0. The smallest absolute Gasteiger partial charge is 0.301 e. The lowest BCUT2D eigenvalue weighted by Gasteiger charge is -2.00. The van der Waals surface area contributed by atoms with Crippen LogP contribution in [-0.2, 0) is 5.75 Å². The zero-order valence-electron chi connectivity index (χ0n) is 8.79. The Balaban J connectivity index is 2.05. The fourth-order valence-corrected chi connectivity index (χ4v) is 2.00. The van der Waals surface area contributed by atoms with Gasteiger partial charge in [0.2, 0.25) is 0 Å². The molecular formula is C10H10N4O2S. The van der Waals surface area contributed by atoms with Crippen molar-refractivity contribution in [1.82, 2.24) is 15.4 Å². The van der Waals surface area contributed by atoms with E-state index in [1.165, 1.54) is 18.0 Å². The molecule has 0 radical (unpaired) electrons. The molecule has 88 valence electrons. The van der Waals surface area contributed by atoms with Crippen LogP contribution in [0.2, 0.25) is 0 Å². The van der Waals surface area contributed by atoms with E-state index in [9.17, 15) is 4.79 Å². The molecule has 0 atom stereocenters. The molecular weight excluding hydrogens is 240 g/mol. The number of carbonyl (C=O) groups excluding carboxylic acids is 1. The fourth-order valence-electron chi connectivity index (χ4n) is 1.22. The molecule has 0 aliphatic carbocycles. The van der Waals surface area contributed by atoms with Crippen molar-refractivity contribution in [2.75, 3.05) is 0 Å². The van der Waals surface area contributed by atoms with Crippen LogP contribution in [0.3, 0.4) is 0 Å². The van der Waals surface area contributed by atoms with Crippen LogP contribution in [0.4, 0.5) is 0 Å². The minimum Gasteiger partial charge on any atom is -0.459 e. The SMILES string of the molecule is NNC(=O)c1occc1CSc1ncccn1. The summed E-state index contributed by atoms with van der Waals surface area (Å²) < 4.78 is 5.06. The molecule has 0 aliphatic heterocycles. The quantitative estimate of drug-likeness (QED) is 0.276. The highest BCUT2D eigenvalue weighted by Crippen LogP contribution is 2.21. The van der Waals surface area contributed by atoms with Gasteiger partial charge in [-0.25, -0.2) is 15.8 Å². The lowest BCUT2D eigenvalue weighted by Crippen LogP contribution is -2.30. The Morgan fingerprint density at radius 2 is 2.24 bits per heavy atom. The highest BCUT2D eigenvalue weighted by molar-refractivity contribution is 7.98. The lowest BCUT2D eigenvalue weighted by atomic mass is 10.3. The number of hydrogen-bond acceptors (Lipinski definition) is 6. The van der Waals surface area contributed by atoms with Crippen molar-refractivity contribution in [3.63, 3.8) is 0 Å². The average molecular weight is 250 g/mol. The molecule has 0 saturated carbocycles. The predicted molar refractivity (Wildman–Crippen MR) is 62.0 cm³/mol. The maximum atomic E-state index is 11.3. The molecule has 0 aliphatic rings. The Hall–Kier alpha value is -1.86. The average Bonchev–Trinajstić information content (AvgIpc) is 2.85. The number of aromatic nitrogens is 2. The van der Waals surface area contributed by atoms with Crippen molar-refractivity contribution in [3.8, 4) is 0 Å². The van der Waals surface area contributed by atoms with Crippen LogP contribution in [0.25, 0.3) is 0 Å². The Labute approximate surface area is 102 Å². The number of thioether (sulfide) groups is 1. The van der Waals surface area contributed by atoms with E-state index in [2.05, 4.69) is 9.97 Å². The van der Waals surface area contributed by atoms with Gasteiger partial charge in [-0.05, 0) is 12.1 Å². The summed E-state index contributed by atoms with van der Waals surface area (Å²) >= 11 is 1.42. The van der Waals surface area contributed by atoms with Gasteiger partial charge in [-0.1, -0.05) is 11.8 Å². The Morgan fingerprint density at radius 3 is 2.94 bits per heavy atom. The number of amides is 1. The summed E-state index contributed by atoms with van der Waals surface area (Å²) in [6.07, 6.45) is 4.78. The first-order valence-electron chi connectivity index (χ1n) is 4.78. The minimum atomic E-state index is -0.445. The van der Waals surface area contributed by atoms with Crippen molar-refractivity contribution in [3.05, 3.63) is 42.1 Å². The van der Waals surface area contributed by atoms with E-state index in [-0.39, 0.29) is 5.76 Å². The van der Waals surface area contributed by atoms with Gasteiger partial charge in [-0.3, -0.25) is 10.2 Å². The molecule has 0 spiro atoms. The highest BCUT2D eigenvalue weighted by atomic mass is 32.2. The van der Waals surface area contributed by atoms with Gasteiger partial charge in [0.05, 0.1) is 6.26 Å². The van der Waals surface area contributed by atoms with Crippen molar-refractivity contribution in [1.29, 1.82) is 0 Å². The molecule has 0 bridgehead atoms. The third-order valence-electron chi connectivity index (χ3n) is 1.98. The van der Waals surface area contributed by atoms with Crippen molar-refractivity contribution >= 4 is 17.7 Å². The second-order valence-electron chi connectivity index (χ2n) is 3.07. The van der Waals surface area contributed by atoms with Gasteiger partial charge >= 0.3 is 5.91 Å². The largest absolute Gasteiger partial charge is 0.459 e. The van der Waals surface area contributed by atoms with Crippen LogP contribution in [0.15, 0.2) is 40.4 Å². The molecule has 1 amide bonds. The third kappa shape index (κ3) is 2.83. The Morgan fingerprint density at radius 1 is 1.47 bits per heavy atom. The summed E-state index contributed by atoms with van der Waals surface area (Å²) in [5.41, 5.74) is 2.79. The number of furan rings is 1. The second-order valence-corrected chi connectivity index (χ2v) is 4.01. The lowest BCUT2D eigenvalue weighted by molar-refractivity contribution is 0.0925. The first-order valence-corrected chi connectivity index (χ1v) is 5.77. The summed E-state index contributed by atoms with van der Waals surface area (Å²) in [6.45, 7) is 0. The van der Waals surface area contributed by atoms with E-state index in [1.54, 1.807) is 24.5 Å². The van der Waals surface area contributed by atoms with Crippen LogP contribution in [-0.4, -0.2) is 15.9 Å². The normalized spacial score (nSPS) is 10.2. The zero-order valence-corrected chi connectivity index (χ0v) is 9.61. The van der Waals surface area contributed by atoms with Crippen molar-refractivity contribution < 1.29 is 9.21 Å². The van der Waals surface area contributed by atoms with Gasteiger partial charge < -0.3 is 4.42 Å². The number of rotatable bonds is 4. The molecule has 2 aromatic heterocycles. The molecule has 6 nitrogen and oxygen atoms in total. The van der Waals surface area contributed by atoms with E-state index in [4.69, 9.17) is 10.3 Å². The van der Waals surface area contributed by atoms with Crippen LogP contribution in [0.1, 0.15) is 16.1 Å². The summed E-state index contributed by atoms with van der Waals surface area (Å²) in [4.78, 5) is 19.5. The van der Waals surface area contributed by atoms with Gasteiger partial charge in [-0.15, -0.1) is 0 Å². The third-order valence-corrected chi connectivity index (χ3v) is 2.91. The number of nitrogens with two attached hydrogens (primary N) is 1. The van der Waals surface area contributed by atoms with Crippen LogP contribution >= 0.6 is 11.8 Å². The molecule has 0 fully saturated rings. The van der Waals surface area contributed by atoms with E-state index < -0.39 is 5.91 Å². The molecule has 17 heavy (non-hydrogen) atoms. The molecule has 7 heteroatoms. The first-order chi connectivity index (χ1) is 8.31. The molecule has 0 unspecified atom stereocenters. The Bertz CT molecular complexity index is 500. The van der Waals surface area contributed by atoms with Crippen LogP contribution < -0.4 is 11.3 Å². The van der Waals surface area contributed by atoms with E-state index in [0.717, 1.165) is 5.56 Å². The molecule has 3 N–H and O–H groups in total. The second kappa shape index (κ2) is 5.46. The van der Waals surface area contributed by atoms with Crippen LogP contribution in [0, 0.1) is 0 Å².